The molecule has 1 saturated heterocycles. The third-order valence-corrected chi connectivity index (χ3v) is 6.88. The van der Waals surface area contributed by atoms with E-state index in [0.717, 1.165) is 35.2 Å². The van der Waals surface area contributed by atoms with E-state index in [1.807, 2.05) is 81.7 Å². The second-order valence-corrected chi connectivity index (χ2v) is 9.36. The number of aromatic amines is 1. The predicted molar refractivity (Wildman–Crippen MR) is 137 cm³/mol. The van der Waals surface area contributed by atoms with Gasteiger partial charge in [-0.3, -0.25) is 9.36 Å². The van der Waals surface area contributed by atoms with Crippen LogP contribution in [-0.2, 0) is 6.61 Å². The van der Waals surface area contributed by atoms with Crippen LogP contribution in [0.1, 0.15) is 40.5 Å². The van der Waals surface area contributed by atoms with Crippen LogP contribution in [0, 0.1) is 6.92 Å². The highest BCUT2D eigenvalue weighted by Crippen LogP contribution is 2.26. The molecule has 1 aliphatic rings. The molecule has 1 fully saturated rings. The molecule has 8 nitrogen and oxygen atoms in total. The van der Waals surface area contributed by atoms with E-state index in [9.17, 15) is 9.59 Å². The second-order valence-electron chi connectivity index (χ2n) is 9.36. The number of pyridine rings is 1. The minimum atomic E-state index is -0.0877. The minimum absolute atomic E-state index is 0.00185. The van der Waals surface area contributed by atoms with Gasteiger partial charge in [0, 0.05) is 37.1 Å². The zero-order chi connectivity index (χ0) is 24.6. The van der Waals surface area contributed by atoms with Crippen LogP contribution in [0.2, 0.25) is 0 Å². The number of hydrogen-bond acceptors (Lipinski definition) is 4. The zero-order valence-corrected chi connectivity index (χ0v) is 20.1. The third kappa shape index (κ3) is 4.15. The topological polar surface area (TPSA) is 84.6 Å². The van der Waals surface area contributed by atoms with Gasteiger partial charge in [-0.15, -0.1) is 0 Å². The van der Waals surface area contributed by atoms with Crippen LogP contribution in [0.5, 0.6) is 5.75 Å². The summed E-state index contributed by atoms with van der Waals surface area (Å²) in [4.78, 5) is 35.0. The van der Waals surface area contributed by atoms with Crippen LogP contribution in [0.4, 0.5) is 0 Å². The molecular formula is C28H27N5O3. The fraction of sp³-hybridized carbons (Fsp3) is 0.250. The van der Waals surface area contributed by atoms with E-state index in [2.05, 4.69) is 9.97 Å². The number of carbonyl (C=O) groups excluding carboxylic acids is 1. The number of H-pyrrole nitrogens is 1. The Bertz CT molecular complexity index is 1600. The number of nitrogens with zero attached hydrogens (tertiary/aromatic N) is 4. The van der Waals surface area contributed by atoms with Gasteiger partial charge in [0.15, 0.2) is 0 Å². The molecule has 1 aliphatic heterocycles. The molecule has 2 aromatic carbocycles. The first-order valence-corrected chi connectivity index (χ1v) is 12.2. The largest absolute Gasteiger partial charge is 0.487 e. The number of aryl methyl sites for hydroxylation is 1. The number of likely N-dealkylation sites (tertiary alicyclic amines) is 1. The summed E-state index contributed by atoms with van der Waals surface area (Å²) >= 11 is 0. The molecule has 0 radical (unpaired) electrons. The van der Waals surface area contributed by atoms with Gasteiger partial charge in [0.2, 0.25) is 0 Å². The number of hydrogen-bond donors (Lipinski definition) is 1. The molecule has 4 heterocycles. The summed E-state index contributed by atoms with van der Waals surface area (Å²) in [6.07, 6.45) is 5.49. The number of piperidine rings is 1. The van der Waals surface area contributed by atoms with E-state index in [4.69, 9.17) is 4.74 Å². The Balaban J connectivity index is 1.07. The Labute approximate surface area is 207 Å². The van der Waals surface area contributed by atoms with Crippen molar-refractivity contribution in [2.75, 3.05) is 13.1 Å². The molecule has 6 rings (SSSR count). The molecule has 182 valence electrons. The van der Waals surface area contributed by atoms with Crippen molar-refractivity contribution >= 4 is 22.6 Å². The second kappa shape index (κ2) is 9.03. The summed E-state index contributed by atoms with van der Waals surface area (Å²) in [6, 6.07) is 19.1. The summed E-state index contributed by atoms with van der Waals surface area (Å²) in [5.41, 5.74) is 5.21. The van der Waals surface area contributed by atoms with E-state index in [0.29, 0.717) is 31.0 Å². The van der Waals surface area contributed by atoms with Crippen LogP contribution in [0.15, 0.2) is 77.9 Å². The lowest BCUT2D eigenvalue weighted by Gasteiger charge is -2.32. The fourth-order valence-electron chi connectivity index (χ4n) is 5.02. The minimum Gasteiger partial charge on any atom is -0.487 e. The van der Waals surface area contributed by atoms with Gasteiger partial charge in [0.25, 0.3) is 5.91 Å². The number of imidazole rings is 2. The molecule has 0 atom stereocenters. The predicted octanol–water partition coefficient (Wildman–Crippen LogP) is 4.34. The highest BCUT2D eigenvalue weighted by atomic mass is 16.5. The molecule has 0 bridgehead atoms. The van der Waals surface area contributed by atoms with Crippen LogP contribution in [0.3, 0.4) is 0 Å². The van der Waals surface area contributed by atoms with E-state index in [1.54, 1.807) is 12.1 Å². The molecule has 0 saturated carbocycles. The first-order chi connectivity index (χ1) is 17.5. The van der Waals surface area contributed by atoms with Crippen molar-refractivity contribution in [3.63, 3.8) is 0 Å². The maximum absolute atomic E-state index is 13.1. The van der Waals surface area contributed by atoms with Gasteiger partial charge in [0.1, 0.15) is 18.0 Å². The number of aromatic nitrogens is 4. The lowest BCUT2D eigenvalue weighted by Crippen LogP contribution is -2.40. The van der Waals surface area contributed by atoms with Gasteiger partial charge >= 0.3 is 5.69 Å². The van der Waals surface area contributed by atoms with Gasteiger partial charge < -0.3 is 19.0 Å². The summed E-state index contributed by atoms with van der Waals surface area (Å²) in [6.45, 7) is 3.63. The van der Waals surface area contributed by atoms with Crippen molar-refractivity contribution in [1.82, 2.24) is 23.8 Å². The van der Waals surface area contributed by atoms with Gasteiger partial charge in [-0.1, -0.05) is 18.2 Å². The quantitative estimate of drug-likeness (QED) is 0.405. The number of fused-ring (bicyclic) bond motifs is 2. The van der Waals surface area contributed by atoms with Crippen molar-refractivity contribution in [1.29, 1.82) is 0 Å². The van der Waals surface area contributed by atoms with Gasteiger partial charge in [-0.25, -0.2) is 9.78 Å². The molecule has 0 spiro atoms. The van der Waals surface area contributed by atoms with E-state index in [-0.39, 0.29) is 17.6 Å². The third-order valence-electron chi connectivity index (χ3n) is 6.88. The average molecular weight is 482 g/mol. The smallest absolute Gasteiger partial charge is 0.326 e. The fourth-order valence-corrected chi connectivity index (χ4v) is 5.02. The molecule has 1 amide bonds. The molecule has 1 N–H and O–H groups in total. The standard InChI is InChI=1S/C28H27N5O3/c1-19-6-11-26-29-21(17-32(26)16-19)18-36-23-9-7-20(8-10-23)27(34)31-14-12-22(13-15-31)33-25-5-3-2-4-24(25)30-28(33)35/h2-11,16-17,22H,12-15,18H2,1H3,(H,30,35). The van der Waals surface area contributed by atoms with E-state index in [1.165, 1.54) is 5.56 Å². The van der Waals surface area contributed by atoms with Crippen molar-refractivity contribution in [3.05, 3.63) is 100 Å². The first kappa shape index (κ1) is 22.2. The Morgan fingerprint density at radius 2 is 1.81 bits per heavy atom. The Hall–Kier alpha value is -4.33. The average Bonchev–Trinajstić information content (AvgIpc) is 3.46. The van der Waals surface area contributed by atoms with Crippen molar-refractivity contribution in [2.24, 2.45) is 0 Å². The number of amides is 1. The highest BCUT2D eigenvalue weighted by Gasteiger charge is 2.26. The molecular weight excluding hydrogens is 454 g/mol. The lowest BCUT2D eigenvalue weighted by molar-refractivity contribution is 0.0695. The van der Waals surface area contributed by atoms with Crippen LogP contribution in [-0.4, -0.2) is 42.8 Å². The van der Waals surface area contributed by atoms with Crippen molar-refractivity contribution in [2.45, 2.75) is 32.4 Å². The van der Waals surface area contributed by atoms with Crippen LogP contribution < -0.4 is 10.4 Å². The lowest BCUT2D eigenvalue weighted by atomic mass is 10.0. The maximum atomic E-state index is 13.1. The van der Waals surface area contributed by atoms with Gasteiger partial charge in [-0.2, -0.15) is 0 Å². The summed E-state index contributed by atoms with van der Waals surface area (Å²) in [5, 5.41) is 0. The van der Waals surface area contributed by atoms with Gasteiger partial charge in [0.05, 0.1) is 16.7 Å². The van der Waals surface area contributed by atoms with E-state index < -0.39 is 0 Å². The number of ether oxygens (including phenoxy) is 1. The molecule has 36 heavy (non-hydrogen) atoms. The summed E-state index contributed by atoms with van der Waals surface area (Å²) in [7, 11) is 0. The zero-order valence-electron chi connectivity index (χ0n) is 20.1. The number of nitrogens with one attached hydrogen (secondary N) is 1. The van der Waals surface area contributed by atoms with Gasteiger partial charge in [-0.05, 0) is 67.8 Å². The first-order valence-electron chi connectivity index (χ1n) is 12.2. The monoisotopic (exact) mass is 481 g/mol. The molecule has 0 unspecified atom stereocenters. The van der Waals surface area contributed by atoms with Crippen LogP contribution in [0.25, 0.3) is 16.7 Å². The summed E-state index contributed by atoms with van der Waals surface area (Å²) < 4.78 is 9.73. The normalized spacial score (nSPS) is 14.5. The number of rotatable bonds is 5. The SMILES string of the molecule is Cc1ccc2nc(COc3ccc(C(=O)N4CCC(n5c(=O)[nH]c6ccccc65)CC4)cc3)cn2c1. The van der Waals surface area contributed by atoms with Crippen molar-refractivity contribution in [3.8, 4) is 5.75 Å². The Morgan fingerprint density at radius 1 is 1.03 bits per heavy atom. The number of carbonyl (C=O) groups is 1. The highest BCUT2D eigenvalue weighted by molar-refractivity contribution is 5.94. The van der Waals surface area contributed by atoms with Crippen molar-refractivity contribution < 1.29 is 9.53 Å². The maximum Gasteiger partial charge on any atom is 0.326 e. The Kier molecular flexibility index (Phi) is 5.56. The molecule has 5 aromatic rings. The number of benzene rings is 2. The molecule has 3 aromatic heterocycles. The van der Waals surface area contributed by atoms with Crippen LogP contribution >= 0.6 is 0 Å². The van der Waals surface area contributed by atoms with E-state index >= 15 is 0 Å². The summed E-state index contributed by atoms with van der Waals surface area (Å²) in [5.74, 6) is 0.694. The number of para-hydroxylation sites is 2. The Morgan fingerprint density at radius 3 is 2.61 bits per heavy atom. The molecule has 8 heteroatoms. The molecule has 0 aliphatic carbocycles.